The monoisotopic (exact) mass is 318 g/mol. The highest BCUT2D eigenvalue weighted by atomic mass is 16.5. The largest absolute Gasteiger partial charge is 0.492 e. The van der Waals surface area contributed by atoms with E-state index in [1.54, 1.807) is 24.3 Å². The molecule has 1 aromatic carbocycles. The lowest BCUT2D eigenvalue weighted by atomic mass is 10.3. The number of ether oxygens (including phenoxy) is 1. The Morgan fingerprint density at radius 1 is 1.22 bits per heavy atom. The van der Waals surface area contributed by atoms with Crippen LogP contribution in [0.3, 0.4) is 0 Å². The molecule has 8 nitrogen and oxygen atoms in total. The second kappa shape index (κ2) is 7.41. The molecule has 0 spiro atoms. The Morgan fingerprint density at radius 2 is 1.91 bits per heavy atom. The van der Waals surface area contributed by atoms with Crippen molar-refractivity contribution < 1.29 is 9.53 Å². The first-order valence-corrected chi connectivity index (χ1v) is 7.00. The predicted octanol–water partition coefficient (Wildman–Crippen LogP) is -0.477. The van der Waals surface area contributed by atoms with Crippen LogP contribution in [0.5, 0.6) is 5.75 Å². The minimum absolute atomic E-state index is 0.182. The molecule has 3 N–H and O–H groups in total. The fraction of sp³-hybridized carbons (Fsp3) is 0.267. The molecule has 1 aromatic heterocycles. The first-order valence-electron chi connectivity index (χ1n) is 7.00. The number of nitrogens with one attached hydrogen (secondary N) is 1. The quantitative estimate of drug-likeness (QED) is 0.748. The van der Waals surface area contributed by atoms with Gasteiger partial charge in [-0.05, 0) is 24.3 Å². The van der Waals surface area contributed by atoms with Crippen LogP contribution in [0.2, 0.25) is 0 Å². The zero-order chi connectivity index (χ0) is 16.8. The summed E-state index contributed by atoms with van der Waals surface area (Å²) in [5, 5.41) is 2.67. The standard InChI is InChI=1S/C15H18N4O4/c1-18-14(21)6-8-19(15(18)22)10-13(20)17-11-2-4-12(5-3-11)23-9-7-16/h2-6,8H,7,9-10,16H2,1H3,(H,17,20). The van der Waals surface area contributed by atoms with E-state index in [9.17, 15) is 14.4 Å². The van der Waals surface area contributed by atoms with Gasteiger partial charge in [-0.25, -0.2) is 4.79 Å². The average molecular weight is 318 g/mol. The van der Waals surface area contributed by atoms with Gasteiger partial charge in [0.2, 0.25) is 5.91 Å². The number of carbonyl (C=O) groups excluding carboxylic acids is 1. The van der Waals surface area contributed by atoms with Crippen LogP contribution in [0.4, 0.5) is 5.69 Å². The van der Waals surface area contributed by atoms with Crippen LogP contribution in [0.15, 0.2) is 46.1 Å². The van der Waals surface area contributed by atoms with Gasteiger partial charge in [-0.2, -0.15) is 0 Å². The van der Waals surface area contributed by atoms with Crippen LogP contribution >= 0.6 is 0 Å². The van der Waals surface area contributed by atoms with Gasteiger partial charge in [-0.1, -0.05) is 0 Å². The van der Waals surface area contributed by atoms with E-state index >= 15 is 0 Å². The van der Waals surface area contributed by atoms with E-state index in [2.05, 4.69) is 5.32 Å². The van der Waals surface area contributed by atoms with E-state index in [4.69, 9.17) is 10.5 Å². The molecule has 2 aromatic rings. The summed E-state index contributed by atoms with van der Waals surface area (Å²) in [6.07, 6.45) is 1.30. The van der Waals surface area contributed by atoms with Gasteiger partial charge in [0, 0.05) is 31.5 Å². The van der Waals surface area contributed by atoms with Crippen molar-refractivity contribution in [3.8, 4) is 5.75 Å². The Kier molecular flexibility index (Phi) is 5.32. The van der Waals surface area contributed by atoms with Crippen molar-refractivity contribution in [2.24, 2.45) is 12.8 Å². The zero-order valence-electron chi connectivity index (χ0n) is 12.7. The topological polar surface area (TPSA) is 108 Å². The van der Waals surface area contributed by atoms with Gasteiger partial charge in [0.1, 0.15) is 18.9 Å². The molecule has 2 rings (SSSR count). The van der Waals surface area contributed by atoms with Gasteiger partial charge in [0.25, 0.3) is 5.56 Å². The van der Waals surface area contributed by atoms with Crippen molar-refractivity contribution in [2.75, 3.05) is 18.5 Å². The Hall–Kier alpha value is -2.87. The van der Waals surface area contributed by atoms with Gasteiger partial charge in [0.15, 0.2) is 0 Å². The summed E-state index contributed by atoms with van der Waals surface area (Å²) in [5.41, 5.74) is 4.96. The molecule has 1 amide bonds. The lowest BCUT2D eigenvalue weighted by molar-refractivity contribution is -0.116. The molecule has 0 radical (unpaired) electrons. The van der Waals surface area contributed by atoms with Gasteiger partial charge < -0.3 is 15.8 Å². The Morgan fingerprint density at radius 3 is 2.57 bits per heavy atom. The van der Waals surface area contributed by atoms with Crippen molar-refractivity contribution in [3.63, 3.8) is 0 Å². The molecule has 0 aliphatic heterocycles. The summed E-state index contributed by atoms with van der Waals surface area (Å²) in [7, 11) is 1.36. The van der Waals surface area contributed by atoms with Crippen molar-refractivity contribution >= 4 is 11.6 Å². The van der Waals surface area contributed by atoms with Gasteiger partial charge in [-0.15, -0.1) is 0 Å². The number of carbonyl (C=O) groups is 1. The average Bonchev–Trinajstić information content (AvgIpc) is 2.55. The first kappa shape index (κ1) is 16.5. The highest BCUT2D eigenvalue weighted by Crippen LogP contribution is 2.15. The fourth-order valence-electron chi connectivity index (χ4n) is 1.90. The van der Waals surface area contributed by atoms with E-state index in [0.717, 1.165) is 9.13 Å². The number of nitrogens with two attached hydrogens (primary N) is 1. The van der Waals surface area contributed by atoms with Gasteiger partial charge >= 0.3 is 5.69 Å². The highest BCUT2D eigenvalue weighted by molar-refractivity contribution is 5.90. The van der Waals surface area contributed by atoms with Crippen LogP contribution in [0.25, 0.3) is 0 Å². The molecule has 0 unspecified atom stereocenters. The number of nitrogens with zero attached hydrogens (tertiary/aromatic N) is 2. The summed E-state index contributed by atoms with van der Waals surface area (Å²) in [5.74, 6) is 0.282. The third kappa shape index (κ3) is 4.30. The molecule has 8 heteroatoms. The molecular weight excluding hydrogens is 300 g/mol. The van der Waals surface area contributed by atoms with Crippen LogP contribution in [0, 0.1) is 0 Å². The summed E-state index contributed by atoms with van der Waals surface area (Å²) >= 11 is 0. The summed E-state index contributed by atoms with van der Waals surface area (Å²) < 4.78 is 7.44. The van der Waals surface area contributed by atoms with E-state index in [0.29, 0.717) is 24.6 Å². The number of aromatic nitrogens is 2. The van der Waals surface area contributed by atoms with E-state index in [-0.39, 0.29) is 12.5 Å². The van der Waals surface area contributed by atoms with Gasteiger partial charge in [-0.3, -0.25) is 18.7 Å². The first-order chi connectivity index (χ1) is 11.0. The molecule has 0 bridgehead atoms. The summed E-state index contributed by atoms with van der Waals surface area (Å²) in [6, 6.07) is 8.03. The number of hydrogen-bond acceptors (Lipinski definition) is 5. The number of anilines is 1. The maximum Gasteiger partial charge on any atom is 0.331 e. The number of benzene rings is 1. The normalized spacial score (nSPS) is 10.3. The van der Waals surface area contributed by atoms with Crippen molar-refractivity contribution in [3.05, 3.63) is 57.4 Å². The number of hydrogen-bond donors (Lipinski definition) is 2. The van der Waals surface area contributed by atoms with E-state index in [1.807, 2.05) is 0 Å². The zero-order valence-corrected chi connectivity index (χ0v) is 12.7. The summed E-state index contributed by atoms with van der Waals surface area (Å²) in [4.78, 5) is 35.1. The molecule has 0 saturated carbocycles. The molecule has 0 aliphatic carbocycles. The third-order valence-electron chi connectivity index (χ3n) is 3.10. The van der Waals surface area contributed by atoms with Crippen LogP contribution in [-0.4, -0.2) is 28.2 Å². The lowest BCUT2D eigenvalue weighted by Crippen LogP contribution is -2.38. The summed E-state index contributed by atoms with van der Waals surface area (Å²) in [6.45, 7) is 0.659. The molecule has 0 fully saturated rings. The minimum atomic E-state index is -0.543. The molecule has 0 saturated heterocycles. The van der Waals surface area contributed by atoms with Crippen LogP contribution < -0.4 is 27.0 Å². The minimum Gasteiger partial charge on any atom is -0.492 e. The molecule has 1 heterocycles. The second-order valence-electron chi connectivity index (χ2n) is 4.83. The van der Waals surface area contributed by atoms with Crippen LogP contribution in [0.1, 0.15) is 0 Å². The molecule has 122 valence electrons. The fourth-order valence-corrected chi connectivity index (χ4v) is 1.90. The maximum absolute atomic E-state index is 12.0. The van der Waals surface area contributed by atoms with Crippen molar-refractivity contribution in [1.29, 1.82) is 0 Å². The van der Waals surface area contributed by atoms with Crippen LogP contribution in [-0.2, 0) is 18.4 Å². The molecule has 0 aliphatic rings. The maximum atomic E-state index is 12.0. The number of amides is 1. The highest BCUT2D eigenvalue weighted by Gasteiger charge is 2.07. The van der Waals surface area contributed by atoms with Crippen molar-refractivity contribution in [1.82, 2.24) is 9.13 Å². The molecule has 23 heavy (non-hydrogen) atoms. The van der Waals surface area contributed by atoms with Crippen molar-refractivity contribution in [2.45, 2.75) is 6.54 Å². The molecule has 0 atom stereocenters. The Balaban J connectivity index is 2.01. The SMILES string of the molecule is Cn1c(=O)ccn(CC(=O)Nc2ccc(OCCN)cc2)c1=O. The second-order valence-corrected chi connectivity index (χ2v) is 4.83. The van der Waals surface area contributed by atoms with E-state index < -0.39 is 11.2 Å². The lowest BCUT2D eigenvalue weighted by Gasteiger charge is -2.09. The predicted molar refractivity (Wildman–Crippen MR) is 85.6 cm³/mol. The Bertz CT molecular complexity index is 792. The molecular formula is C15H18N4O4. The van der Waals surface area contributed by atoms with Gasteiger partial charge in [0.05, 0.1) is 0 Å². The Labute approximate surface area is 132 Å². The van der Waals surface area contributed by atoms with E-state index in [1.165, 1.54) is 19.3 Å². The number of rotatable bonds is 6. The smallest absolute Gasteiger partial charge is 0.331 e. The third-order valence-corrected chi connectivity index (χ3v) is 3.10.